The fourth-order valence-electron chi connectivity index (χ4n) is 2.65. The Bertz CT molecular complexity index is 838. The second kappa shape index (κ2) is 9.43. The van der Waals surface area contributed by atoms with Gasteiger partial charge >= 0.3 is 5.97 Å². The Hall–Kier alpha value is -3.05. The van der Waals surface area contributed by atoms with E-state index in [0.29, 0.717) is 18.6 Å². The highest BCUT2D eigenvalue weighted by Crippen LogP contribution is 2.47. The first-order valence-electron chi connectivity index (χ1n) is 8.80. The van der Waals surface area contributed by atoms with Gasteiger partial charge in [0.05, 0.1) is 31.3 Å². The lowest BCUT2D eigenvalue weighted by atomic mass is 10.2. The summed E-state index contributed by atoms with van der Waals surface area (Å²) in [6.07, 6.45) is 0.141. The molecule has 1 heterocycles. The topological polar surface area (TPSA) is 127 Å². The number of phenols is 1. The number of carbonyl (C=O) groups excluding carboxylic acids is 1. The number of phenolic OH excluding ortho intramolecular Hbond substituents is 1. The number of unbranched alkanes of at least 4 members (excludes halogenated alkanes) is 1. The minimum absolute atomic E-state index is 0.0577. The van der Waals surface area contributed by atoms with E-state index in [9.17, 15) is 9.90 Å². The quantitative estimate of drug-likeness (QED) is 0.324. The van der Waals surface area contributed by atoms with E-state index in [1.54, 1.807) is 31.4 Å². The highest BCUT2D eigenvalue weighted by atomic mass is 17.1. The molecule has 0 fully saturated rings. The molecule has 2 aromatic carbocycles. The molecule has 0 aliphatic carbocycles. The Labute approximate surface area is 166 Å². The summed E-state index contributed by atoms with van der Waals surface area (Å²) in [6.45, 7) is 0.158. The van der Waals surface area contributed by atoms with Gasteiger partial charge in [-0.05, 0) is 49.2 Å². The molecule has 29 heavy (non-hydrogen) atoms. The van der Waals surface area contributed by atoms with E-state index in [1.165, 1.54) is 12.1 Å². The van der Waals surface area contributed by atoms with Crippen molar-refractivity contribution < 1.29 is 44.1 Å². The van der Waals surface area contributed by atoms with Gasteiger partial charge in [0.1, 0.15) is 5.75 Å². The molecule has 1 aliphatic rings. The Kier molecular flexibility index (Phi) is 6.73. The molecule has 0 saturated heterocycles. The summed E-state index contributed by atoms with van der Waals surface area (Å²) < 4.78 is 21.6. The number of hydrogen-bond acceptors (Lipinski definition) is 10. The van der Waals surface area contributed by atoms with Crippen LogP contribution in [0.2, 0.25) is 0 Å². The van der Waals surface area contributed by atoms with E-state index < -0.39 is 12.3 Å². The van der Waals surface area contributed by atoms with Crippen molar-refractivity contribution in [3.8, 4) is 23.0 Å². The van der Waals surface area contributed by atoms with Crippen LogP contribution in [0.25, 0.3) is 0 Å². The lowest BCUT2D eigenvalue weighted by molar-refractivity contribution is -0.492. The van der Waals surface area contributed by atoms with Crippen LogP contribution in [0.15, 0.2) is 36.4 Å². The monoisotopic (exact) mass is 407 g/mol. The summed E-state index contributed by atoms with van der Waals surface area (Å²) in [5.74, 6) is 0.208. The van der Waals surface area contributed by atoms with Crippen molar-refractivity contribution in [2.75, 3.05) is 20.3 Å². The van der Waals surface area contributed by atoms with Gasteiger partial charge in [0.2, 0.25) is 5.75 Å². The number of ether oxygens (including phenoxy) is 4. The predicted octanol–water partition coefficient (Wildman–Crippen LogP) is 2.82. The van der Waals surface area contributed by atoms with Gasteiger partial charge in [-0.1, -0.05) is 0 Å². The van der Waals surface area contributed by atoms with Gasteiger partial charge < -0.3 is 24.1 Å². The number of nitrogens with zero attached hydrogens (tertiary/aromatic N) is 1. The van der Waals surface area contributed by atoms with Crippen LogP contribution in [-0.4, -0.2) is 47.2 Å². The van der Waals surface area contributed by atoms with Crippen molar-refractivity contribution in [3.63, 3.8) is 0 Å². The van der Waals surface area contributed by atoms with Crippen LogP contribution in [0.1, 0.15) is 35.1 Å². The van der Waals surface area contributed by atoms with E-state index in [4.69, 9.17) is 29.4 Å². The van der Waals surface area contributed by atoms with Crippen LogP contribution in [0.4, 0.5) is 0 Å². The maximum atomic E-state index is 12.2. The number of carbonyl (C=O) groups is 1. The van der Waals surface area contributed by atoms with Gasteiger partial charge in [-0.15, -0.1) is 0 Å². The molecule has 1 unspecified atom stereocenters. The summed E-state index contributed by atoms with van der Waals surface area (Å²) in [5, 5.41) is 26.6. The first-order valence-corrected chi connectivity index (χ1v) is 8.80. The zero-order chi connectivity index (χ0) is 20.8. The average molecular weight is 407 g/mol. The van der Waals surface area contributed by atoms with E-state index in [1.807, 2.05) is 0 Å². The van der Waals surface area contributed by atoms with Crippen LogP contribution >= 0.6 is 0 Å². The maximum absolute atomic E-state index is 12.2. The zero-order valence-electron chi connectivity index (χ0n) is 15.6. The van der Waals surface area contributed by atoms with Crippen LogP contribution in [0.5, 0.6) is 23.0 Å². The Morgan fingerprint density at radius 3 is 2.52 bits per heavy atom. The van der Waals surface area contributed by atoms with Gasteiger partial charge in [0, 0.05) is 5.56 Å². The van der Waals surface area contributed by atoms with Gasteiger partial charge in [0.25, 0.3) is 6.29 Å². The molecule has 0 bridgehead atoms. The average Bonchev–Trinajstić information content (AvgIpc) is 3.15. The summed E-state index contributed by atoms with van der Waals surface area (Å²) in [4.78, 5) is 16.6. The molecule has 0 radical (unpaired) electrons. The molecule has 2 aromatic rings. The van der Waals surface area contributed by atoms with Crippen molar-refractivity contribution in [1.82, 2.24) is 5.39 Å². The second-order valence-corrected chi connectivity index (χ2v) is 6.09. The van der Waals surface area contributed by atoms with E-state index in [2.05, 4.69) is 4.84 Å². The van der Waals surface area contributed by atoms with Gasteiger partial charge in [0.15, 0.2) is 11.5 Å². The molecule has 10 nitrogen and oxygen atoms in total. The fraction of sp³-hybridized carbons (Fsp3) is 0.316. The van der Waals surface area contributed by atoms with Crippen LogP contribution in [0.3, 0.4) is 0 Å². The Balaban J connectivity index is 1.57. The van der Waals surface area contributed by atoms with E-state index in [0.717, 1.165) is 5.56 Å². The summed E-state index contributed by atoms with van der Waals surface area (Å²) >= 11 is 0. The number of hydrogen-bond donors (Lipinski definition) is 3. The third-order valence-electron chi connectivity index (χ3n) is 4.10. The first-order chi connectivity index (χ1) is 14.0. The van der Waals surface area contributed by atoms with Gasteiger partial charge in [-0.25, -0.2) is 4.79 Å². The van der Waals surface area contributed by atoms with Gasteiger partial charge in [-0.3, -0.25) is 15.3 Å². The molecule has 0 saturated carbocycles. The molecule has 156 valence electrons. The standard InChI is InChI=1S/C19H21NO9/c1-25-14-6-4-12(5-7-14)19-28-16-11-13(10-15(21)17(16)29-19)18(22)26-8-2-3-9-27-20(23)24/h4-7,10-11,19,21,23-24H,2-3,8-9H2,1H3. The summed E-state index contributed by atoms with van der Waals surface area (Å²) in [6, 6.07) is 9.77. The van der Waals surface area contributed by atoms with Crippen molar-refractivity contribution in [1.29, 1.82) is 0 Å². The number of rotatable bonds is 9. The number of methoxy groups -OCH3 is 1. The van der Waals surface area contributed by atoms with Crippen LogP contribution in [-0.2, 0) is 9.57 Å². The third kappa shape index (κ3) is 5.27. The SMILES string of the molecule is COc1ccc(C2Oc3cc(C(=O)OCCCCON(O)O)cc(O)c3O2)cc1. The lowest BCUT2D eigenvalue weighted by Gasteiger charge is -2.10. The number of fused-ring (bicyclic) bond motifs is 1. The molecular formula is C19H21NO9. The molecule has 0 amide bonds. The third-order valence-corrected chi connectivity index (χ3v) is 4.10. The number of aromatic hydroxyl groups is 1. The first kappa shape index (κ1) is 20.7. The molecule has 0 spiro atoms. The minimum Gasteiger partial charge on any atom is -0.504 e. The largest absolute Gasteiger partial charge is 0.504 e. The van der Waals surface area contributed by atoms with Crippen molar-refractivity contribution in [2.45, 2.75) is 19.1 Å². The number of benzene rings is 2. The summed E-state index contributed by atoms with van der Waals surface area (Å²) in [5.41, 5.74) is 0.838. The molecule has 1 aliphatic heterocycles. The molecule has 3 N–H and O–H groups in total. The zero-order valence-corrected chi connectivity index (χ0v) is 15.6. The molecule has 0 aromatic heterocycles. The van der Waals surface area contributed by atoms with Crippen molar-refractivity contribution in [3.05, 3.63) is 47.5 Å². The van der Waals surface area contributed by atoms with E-state index in [-0.39, 0.29) is 41.4 Å². The smallest absolute Gasteiger partial charge is 0.338 e. The Morgan fingerprint density at radius 1 is 1.10 bits per heavy atom. The highest BCUT2D eigenvalue weighted by Gasteiger charge is 2.30. The lowest BCUT2D eigenvalue weighted by Crippen LogP contribution is -2.15. The number of esters is 1. The molecule has 1 atom stereocenters. The Morgan fingerprint density at radius 2 is 1.83 bits per heavy atom. The van der Waals surface area contributed by atoms with Crippen molar-refractivity contribution >= 4 is 5.97 Å². The highest BCUT2D eigenvalue weighted by molar-refractivity contribution is 5.91. The minimum atomic E-state index is -0.759. The maximum Gasteiger partial charge on any atom is 0.338 e. The van der Waals surface area contributed by atoms with Crippen molar-refractivity contribution in [2.24, 2.45) is 0 Å². The summed E-state index contributed by atoms with van der Waals surface area (Å²) in [7, 11) is 1.57. The van der Waals surface area contributed by atoms with E-state index >= 15 is 0 Å². The second-order valence-electron chi connectivity index (χ2n) is 6.09. The van der Waals surface area contributed by atoms with Crippen LogP contribution in [0, 0.1) is 0 Å². The predicted molar refractivity (Wildman–Crippen MR) is 96.0 cm³/mol. The van der Waals surface area contributed by atoms with Gasteiger partial charge in [-0.2, -0.15) is 0 Å². The molecule has 10 heteroatoms. The normalized spacial score (nSPS) is 14.8. The fourth-order valence-corrected chi connectivity index (χ4v) is 2.65. The molecular weight excluding hydrogens is 386 g/mol. The van der Waals surface area contributed by atoms with Crippen LogP contribution < -0.4 is 14.2 Å². The molecule has 3 rings (SSSR count).